The van der Waals surface area contributed by atoms with Crippen molar-refractivity contribution in [2.75, 3.05) is 0 Å². The molecule has 2 nitrogen and oxygen atoms in total. The Morgan fingerprint density at radius 2 is 1.20 bits per heavy atom. The third kappa shape index (κ3) is 3.33. The fourth-order valence-corrected chi connectivity index (χ4v) is 8.31. The Labute approximate surface area is 258 Å². The molecule has 2 heterocycles. The van der Waals surface area contributed by atoms with Gasteiger partial charge in [0, 0.05) is 33.2 Å². The molecule has 0 atom stereocenters. The zero-order chi connectivity index (χ0) is 28.8. The number of fused-ring (bicyclic) bond motifs is 7. The van der Waals surface area contributed by atoms with Gasteiger partial charge in [0.25, 0.3) is 0 Å². The molecule has 9 aromatic rings. The van der Waals surface area contributed by atoms with Crippen LogP contribution in [0.2, 0.25) is 0 Å². The van der Waals surface area contributed by atoms with E-state index in [0.717, 1.165) is 10.7 Å². The average molecular weight is 577 g/mol. The summed E-state index contributed by atoms with van der Waals surface area (Å²) in [6, 6.07) is 52.9. The Morgan fingerprint density at radius 3 is 2.11 bits per heavy atom. The number of nitrogens with zero attached hydrogens (tertiary/aromatic N) is 2. The Kier molecular flexibility index (Phi) is 4.90. The van der Waals surface area contributed by atoms with Crippen molar-refractivity contribution < 1.29 is 0 Å². The number of aromatic nitrogens is 2. The fourth-order valence-electron chi connectivity index (χ4n) is 7.20. The van der Waals surface area contributed by atoms with Gasteiger partial charge in [-0.2, -0.15) is 0 Å². The van der Waals surface area contributed by atoms with Crippen LogP contribution in [-0.2, 0) is 0 Å². The molecule has 1 aliphatic rings. The molecule has 7 aromatic carbocycles. The highest BCUT2D eigenvalue weighted by molar-refractivity contribution is 7.19. The van der Waals surface area contributed by atoms with E-state index in [-0.39, 0.29) is 0 Å². The topological polar surface area (TPSA) is 17.8 Å². The van der Waals surface area contributed by atoms with Crippen LogP contribution in [0.25, 0.3) is 92.4 Å². The van der Waals surface area contributed by atoms with Gasteiger partial charge in [-0.25, -0.2) is 4.98 Å². The van der Waals surface area contributed by atoms with Crippen molar-refractivity contribution in [2.45, 2.75) is 0 Å². The summed E-state index contributed by atoms with van der Waals surface area (Å²) >= 11 is 1.80. The second-order valence-corrected chi connectivity index (χ2v) is 12.6. The molecule has 1 aliphatic carbocycles. The van der Waals surface area contributed by atoms with Crippen LogP contribution < -0.4 is 0 Å². The molecule has 3 heteroatoms. The first-order valence-corrected chi connectivity index (χ1v) is 15.8. The van der Waals surface area contributed by atoms with E-state index in [4.69, 9.17) is 4.98 Å². The lowest BCUT2D eigenvalue weighted by atomic mass is 9.97. The minimum absolute atomic E-state index is 1.07. The summed E-state index contributed by atoms with van der Waals surface area (Å²) in [5.74, 6) is 0. The van der Waals surface area contributed by atoms with Gasteiger partial charge in [-0.1, -0.05) is 115 Å². The summed E-state index contributed by atoms with van der Waals surface area (Å²) in [5, 5.41) is 8.70. The monoisotopic (exact) mass is 576 g/mol. The Balaban J connectivity index is 1.21. The normalized spacial score (nSPS) is 12.1. The quantitative estimate of drug-likeness (QED) is 0.205. The molecule has 0 bridgehead atoms. The predicted molar refractivity (Wildman–Crippen MR) is 187 cm³/mol. The maximum absolute atomic E-state index is 5.16. The smallest absolute Gasteiger partial charge is 0.124 e. The van der Waals surface area contributed by atoms with Crippen LogP contribution in [0.3, 0.4) is 0 Å². The number of rotatable bonds is 3. The molecule has 10 rings (SSSR count). The lowest BCUT2D eigenvalue weighted by Crippen LogP contribution is -1.94. The fraction of sp³-hybridized carbons (Fsp3) is 0. The van der Waals surface area contributed by atoms with E-state index in [1.54, 1.807) is 11.3 Å². The lowest BCUT2D eigenvalue weighted by Gasteiger charge is -2.12. The largest absolute Gasteiger partial charge is 0.309 e. The summed E-state index contributed by atoms with van der Waals surface area (Å²) in [6.07, 6.45) is 0. The lowest BCUT2D eigenvalue weighted by molar-refractivity contribution is 1.19. The van der Waals surface area contributed by atoms with Crippen molar-refractivity contribution in [3.05, 3.63) is 146 Å². The van der Waals surface area contributed by atoms with Crippen molar-refractivity contribution in [3.63, 3.8) is 0 Å². The third-order valence-electron chi connectivity index (χ3n) is 9.14. The second-order valence-electron chi connectivity index (χ2n) is 11.6. The zero-order valence-electron chi connectivity index (χ0n) is 23.7. The van der Waals surface area contributed by atoms with Crippen LogP contribution in [0.15, 0.2) is 146 Å². The van der Waals surface area contributed by atoms with Crippen molar-refractivity contribution in [2.24, 2.45) is 0 Å². The van der Waals surface area contributed by atoms with E-state index in [1.165, 1.54) is 81.7 Å². The molecule has 0 aliphatic heterocycles. The highest BCUT2D eigenvalue weighted by Gasteiger charge is 2.27. The summed E-state index contributed by atoms with van der Waals surface area (Å²) in [7, 11) is 0. The molecule has 0 unspecified atom stereocenters. The van der Waals surface area contributed by atoms with Crippen LogP contribution in [-0.4, -0.2) is 9.55 Å². The molecule has 0 saturated carbocycles. The van der Waals surface area contributed by atoms with Gasteiger partial charge in [0.05, 0.1) is 21.6 Å². The Bertz CT molecular complexity index is 2600. The first-order chi connectivity index (χ1) is 21.8. The molecule has 0 amide bonds. The minimum Gasteiger partial charge on any atom is -0.309 e. The molecule has 0 spiro atoms. The van der Waals surface area contributed by atoms with E-state index in [9.17, 15) is 0 Å². The van der Waals surface area contributed by atoms with Gasteiger partial charge in [0.1, 0.15) is 5.01 Å². The van der Waals surface area contributed by atoms with Crippen molar-refractivity contribution in [1.29, 1.82) is 0 Å². The van der Waals surface area contributed by atoms with Crippen LogP contribution >= 0.6 is 11.3 Å². The Morgan fingerprint density at radius 1 is 0.477 bits per heavy atom. The second kappa shape index (κ2) is 9.00. The highest BCUT2D eigenvalue weighted by Crippen LogP contribution is 2.52. The minimum atomic E-state index is 1.07. The van der Waals surface area contributed by atoms with Crippen molar-refractivity contribution in [1.82, 2.24) is 9.55 Å². The molecule has 0 saturated heterocycles. The van der Waals surface area contributed by atoms with E-state index in [2.05, 4.69) is 150 Å². The summed E-state index contributed by atoms with van der Waals surface area (Å²) in [5.41, 5.74) is 10.9. The molecular formula is C41H24N2S. The van der Waals surface area contributed by atoms with Crippen LogP contribution in [0.1, 0.15) is 0 Å². The van der Waals surface area contributed by atoms with Gasteiger partial charge in [-0.3, -0.25) is 0 Å². The number of thiazole rings is 1. The van der Waals surface area contributed by atoms with Crippen LogP contribution in [0, 0.1) is 0 Å². The van der Waals surface area contributed by atoms with Gasteiger partial charge in [-0.05, 0) is 63.0 Å². The maximum Gasteiger partial charge on any atom is 0.124 e. The summed E-state index contributed by atoms with van der Waals surface area (Å²) < 4.78 is 2.44. The predicted octanol–water partition coefficient (Wildman–Crippen LogP) is 11.5. The first-order valence-electron chi connectivity index (χ1n) is 15.0. The third-order valence-corrected chi connectivity index (χ3v) is 10.3. The van der Waals surface area contributed by atoms with Gasteiger partial charge >= 0.3 is 0 Å². The molecule has 0 N–H and O–H groups in total. The van der Waals surface area contributed by atoms with Crippen LogP contribution in [0.5, 0.6) is 0 Å². The maximum atomic E-state index is 5.16. The average Bonchev–Trinajstić information content (AvgIpc) is 3.75. The molecule has 2 aromatic heterocycles. The van der Waals surface area contributed by atoms with Crippen molar-refractivity contribution in [3.8, 4) is 49.1 Å². The number of hydrogen-bond donors (Lipinski definition) is 0. The summed E-state index contributed by atoms with van der Waals surface area (Å²) in [4.78, 5) is 6.42. The van der Waals surface area contributed by atoms with E-state index >= 15 is 0 Å². The standard InChI is InChI=1S/C41H24N2S/c1-2-11-26(12-3-1)41-42-39-33-18-9-14-28-22-29(24-35(38(28)33)40(39)44-41)43-36-19-7-6-16-32(36)34-23-27(20-21-37(34)43)31-17-8-13-25-10-4-5-15-30(25)31/h1-24H. The van der Waals surface area contributed by atoms with Gasteiger partial charge in [-0.15, -0.1) is 11.3 Å². The number of hydrogen-bond acceptors (Lipinski definition) is 2. The van der Waals surface area contributed by atoms with Crippen molar-refractivity contribution >= 4 is 54.7 Å². The van der Waals surface area contributed by atoms with E-state index < -0.39 is 0 Å². The molecular weight excluding hydrogens is 553 g/mol. The van der Waals surface area contributed by atoms with Gasteiger partial charge in [0.2, 0.25) is 0 Å². The number of para-hydroxylation sites is 1. The van der Waals surface area contributed by atoms with Gasteiger partial charge < -0.3 is 4.57 Å². The molecule has 0 fully saturated rings. The van der Waals surface area contributed by atoms with Crippen LogP contribution in [0.4, 0.5) is 0 Å². The molecule has 204 valence electrons. The first kappa shape index (κ1) is 24.0. The van der Waals surface area contributed by atoms with Gasteiger partial charge in [0.15, 0.2) is 0 Å². The molecule has 44 heavy (non-hydrogen) atoms. The Hall–Kier alpha value is -5.51. The summed E-state index contributed by atoms with van der Waals surface area (Å²) in [6.45, 7) is 0. The highest BCUT2D eigenvalue weighted by atomic mass is 32.1. The SMILES string of the molecule is c1ccc(-c2nc3c(s2)-c2cc(-n4c5ccccc5c5cc(-c6cccc7ccccc67)ccc54)cc4cccc-3c24)cc1. The number of benzene rings is 7. The van der Waals surface area contributed by atoms with E-state index in [0.29, 0.717) is 0 Å². The van der Waals surface area contributed by atoms with E-state index in [1.807, 2.05) is 0 Å². The molecule has 0 radical (unpaired) electrons. The zero-order valence-corrected chi connectivity index (χ0v) is 24.5.